The summed E-state index contributed by atoms with van der Waals surface area (Å²) in [4.78, 5) is 12.4. The van der Waals surface area contributed by atoms with Crippen LogP contribution in [0, 0.1) is 6.92 Å². The van der Waals surface area contributed by atoms with Gasteiger partial charge in [0.1, 0.15) is 0 Å². The van der Waals surface area contributed by atoms with Crippen LogP contribution in [0.4, 0.5) is 0 Å². The fourth-order valence-corrected chi connectivity index (χ4v) is 2.53. The number of hydrogen-bond donors (Lipinski definition) is 1. The highest BCUT2D eigenvalue weighted by atomic mass is 16.5. The van der Waals surface area contributed by atoms with Gasteiger partial charge in [-0.1, -0.05) is 6.07 Å². The summed E-state index contributed by atoms with van der Waals surface area (Å²) in [6, 6.07) is 5.64. The van der Waals surface area contributed by atoms with Crippen molar-refractivity contribution < 1.29 is 14.3 Å². The molecule has 1 amide bonds. The highest BCUT2D eigenvalue weighted by Crippen LogP contribution is 2.32. The minimum atomic E-state index is -0.140. The Morgan fingerprint density at radius 2 is 2.04 bits per heavy atom. The highest BCUT2D eigenvalue weighted by Gasteiger charge is 2.18. The monoisotopic (exact) mass is 315 g/mol. The number of rotatable bonds is 3. The molecule has 1 N–H and O–H groups in total. The second-order valence-electron chi connectivity index (χ2n) is 5.72. The van der Waals surface area contributed by atoms with Gasteiger partial charge in [-0.2, -0.15) is 5.10 Å². The van der Waals surface area contributed by atoms with E-state index in [9.17, 15) is 4.79 Å². The number of aromatic nitrogens is 2. The van der Waals surface area contributed by atoms with Crippen molar-refractivity contribution in [3.05, 3.63) is 41.2 Å². The zero-order valence-electron chi connectivity index (χ0n) is 13.6. The van der Waals surface area contributed by atoms with Crippen molar-refractivity contribution in [2.45, 2.75) is 26.3 Å². The molecule has 1 aromatic carbocycles. The largest absolute Gasteiger partial charge is 0.490 e. The molecule has 0 spiro atoms. The Morgan fingerprint density at radius 3 is 2.74 bits per heavy atom. The molecule has 0 aliphatic carbocycles. The van der Waals surface area contributed by atoms with E-state index in [0.29, 0.717) is 18.8 Å². The van der Waals surface area contributed by atoms with Gasteiger partial charge in [-0.15, -0.1) is 0 Å². The van der Waals surface area contributed by atoms with Crippen LogP contribution < -0.4 is 14.8 Å². The van der Waals surface area contributed by atoms with Crippen molar-refractivity contribution in [2.75, 3.05) is 13.2 Å². The zero-order valence-corrected chi connectivity index (χ0v) is 13.6. The molecule has 122 valence electrons. The number of ether oxygens (including phenoxy) is 2. The van der Waals surface area contributed by atoms with Crippen LogP contribution >= 0.6 is 0 Å². The maximum absolute atomic E-state index is 12.4. The van der Waals surface area contributed by atoms with Crippen LogP contribution in [0.15, 0.2) is 24.4 Å². The van der Waals surface area contributed by atoms with E-state index in [1.807, 2.05) is 39.1 Å². The minimum Gasteiger partial charge on any atom is -0.490 e. The number of fused-ring (bicyclic) bond motifs is 1. The number of aryl methyl sites for hydroxylation is 1. The van der Waals surface area contributed by atoms with Gasteiger partial charge >= 0.3 is 0 Å². The summed E-state index contributed by atoms with van der Waals surface area (Å²) in [6.45, 7) is 5.13. The second-order valence-corrected chi connectivity index (χ2v) is 5.72. The number of benzene rings is 1. The number of carbonyl (C=O) groups excluding carboxylic acids is 1. The second kappa shape index (κ2) is 6.32. The first-order valence-corrected chi connectivity index (χ1v) is 7.75. The topological polar surface area (TPSA) is 65.4 Å². The average molecular weight is 315 g/mol. The van der Waals surface area contributed by atoms with Gasteiger partial charge in [-0.3, -0.25) is 9.48 Å². The molecule has 3 rings (SSSR count). The molecule has 23 heavy (non-hydrogen) atoms. The minimum absolute atomic E-state index is 0.129. The molecule has 1 aliphatic rings. The summed E-state index contributed by atoms with van der Waals surface area (Å²) in [5, 5.41) is 7.11. The lowest BCUT2D eigenvalue weighted by molar-refractivity contribution is 0.0939. The predicted octanol–water partition coefficient (Wildman–Crippen LogP) is 2.38. The van der Waals surface area contributed by atoms with Gasteiger partial charge in [-0.25, -0.2) is 0 Å². The number of hydrogen-bond acceptors (Lipinski definition) is 4. The van der Waals surface area contributed by atoms with Crippen LogP contribution in [-0.2, 0) is 7.05 Å². The summed E-state index contributed by atoms with van der Waals surface area (Å²) >= 11 is 0. The molecular formula is C17H21N3O3. The Kier molecular flexibility index (Phi) is 4.23. The summed E-state index contributed by atoms with van der Waals surface area (Å²) in [5.74, 6) is 1.36. The van der Waals surface area contributed by atoms with Crippen LogP contribution in [-0.4, -0.2) is 28.9 Å². The molecule has 0 radical (unpaired) electrons. The molecule has 6 nitrogen and oxygen atoms in total. The van der Waals surface area contributed by atoms with Crippen molar-refractivity contribution in [3.8, 4) is 11.5 Å². The van der Waals surface area contributed by atoms with Crippen molar-refractivity contribution in [3.63, 3.8) is 0 Å². The van der Waals surface area contributed by atoms with Crippen molar-refractivity contribution in [1.29, 1.82) is 0 Å². The Morgan fingerprint density at radius 1 is 1.30 bits per heavy atom. The van der Waals surface area contributed by atoms with Crippen molar-refractivity contribution in [2.24, 2.45) is 7.05 Å². The molecule has 6 heteroatoms. The maximum Gasteiger partial charge on any atom is 0.255 e. The van der Waals surface area contributed by atoms with Crippen LogP contribution in [0.25, 0.3) is 0 Å². The summed E-state index contributed by atoms with van der Waals surface area (Å²) in [5.41, 5.74) is 2.41. The van der Waals surface area contributed by atoms with E-state index in [2.05, 4.69) is 10.4 Å². The molecule has 1 aliphatic heterocycles. The predicted molar refractivity (Wildman–Crippen MR) is 85.9 cm³/mol. The van der Waals surface area contributed by atoms with Gasteiger partial charge in [0.2, 0.25) is 0 Å². The molecular weight excluding hydrogens is 294 g/mol. The van der Waals surface area contributed by atoms with Gasteiger partial charge < -0.3 is 14.8 Å². The molecule has 1 aromatic heterocycles. The third-order valence-corrected chi connectivity index (χ3v) is 4.10. The number of nitrogens with one attached hydrogen (secondary N) is 1. The molecule has 0 saturated heterocycles. The van der Waals surface area contributed by atoms with Gasteiger partial charge in [0, 0.05) is 19.2 Å². The Balaban J connectivity index is 1.75. The van der Waals surface area contributed by atoms with Gasteiger partial charge in [0.15, 0.2) is 11.5 Å². The van der Waals surface area contributed by atoms with Gasteiger partial charge in [0.25, 0.3) is 5.91 Å². The molecule has 0 fully saturated rings. The summed E-state index contributed by atoms with van der Waals surface area (Å²) < 4.78 is 13.0. The highest BCUT2D eigenvalue weighted by molar-refractivity contribution is 5.95. The van der Waals surface area contributed by atoms with Crippen LogP contribution in [0.1, 0.15) is 41.0 Å². The van der Waals surface area contributed by atoms with Gasteiger partial charge in [0.05, 0.1) is 31.0 Å². The third-order valence-electron chi connectivity index (χ3n) is 4.10. The fourth-order valence-electron chi connectivity index (χ4n) is 2.53. The van der Waals surface area contributed by atoms with E-state index in [-0.39, 0.29) is 11.9 Å². The lowest BCUT2D eigenvalue weighted by atomic mass is 10.1. The first-order chi connectivity index (χ1) is 11.1. The number of amides is 1. The third kappa shape index (κ3) is 3.16. The Labute approximate surface area is 135 Å². The normalized spacial score (nSPS) is 14.9. The standard InChI is InChI=1S/C17H21N3O3/c1-11(19-17(21)14-10-18-20(3)12(14)2)13-5-6-15-16(9-13)23-8-4-7-22-15/h5-6,9-11H,4,7-8H2,1-3H3,(H,19,21)/t11-/m1/s1. The van der Waals surface area contributed by atoms with Crippen molar-refractivity contribution in [1.82, 2.24) is 15.1 Å². The fraction of sp³-hybridized carbons (Fsp3) is 0.412. The molecule has 0 bridgehead atoms. The van der Waals surface area contributed by atoms with Gasteiger partial charge in [-0.05, 0) is 31.5 Å². The average Bonchev–Trinajstić information content (AvgIpc) is 2.76. The van der Waals surface area contributed by atoms with Crippen LogP contribution in [0.5, 0.6) is 11.5 Å². The van der Waals surface area contributed by atoms with E-state index < -0.39 is 0 Å². The van der Waals surface area contributed by atoms with Crippen LogP contribution in [0.3, 0.4) is 0 Å². The van der Waals surface area contributed by atoms with E-state index in [0.717, 1.165) is 29.2 Å². The lowest BCUT2D eigenvalue weighted by Gasteiger charge is -2.16. The summed E-state index contributed by atoms with van der Waals surface area (Å²) in [7, 11) is 1.82. The number of carbonyl (C=O) groups is 1. The first kappa shape index (κ1) is 15.4. The van der Waals surface area contributed by atoms with Crippen molar-refractivity contribution >= 4 is 5.91 Å². The quantitative estimate of drug-likeness (QED) is 0.944. The molecule has 0 saturated carbocycles. The lowest BCUT2D eigenvalue weighted by Crippen LogP contribution is -2.27. The summed E-state index contributed by atoms with van der Waals surface area (Å²) in [6.07, 6.45) is 2.46. The maximum atomic E-state index is 12.4. The molecule has 1 atom stereocenters. The Hall–Kier alpha value is -2.50. The first-order valence-electron chi connectivity index (χ1n) is 7.75. The zero-order chi connectivity index (χ0) is 16.4. The Bertz CT molecular complexity index is 724. The van der Waals surface area contributed by atoms with E-state index >= 15 is 0 Å². The smallest absolute Gasteiger partial charge is 0.255 e. The molecule has 0 unspecified atom stereocenters. The van der Waals surface area contributed by atoms with E-state index in [1.54, 1.807) is 10.9 Å². The molecule has 2 heterocycles. The van der Waals surface area contributed by atoms with Crippen LogP contribution in [0.2, 0.25) is 0 Å². The number of nitrogens with zero attached hydrogens (tertiary/aromatic N) is 2. The van der Waals surface area contributed by atoms with E-state index in [4.69, 9.17) is 9.47 Å². The molecule has 2 aromatic rings. The van der Waals surface area contributed by atoms with E-state index in [1.165, 1.54) is 0 Å². The SMILES string of the molecule is Cc1c(C(=O)N[C@H](C)c2ccc3c(c2)OCCCO3)cnn1C.